The Kier molecular flexibility index (Phi) is 7.28. The van der Waals surface area contributed by atoms with Gasteiger partial charge in [-0.05, 0) is 54.0 Å². The average molecular weight is 376 g/mol. The minimum absolute atomic E-state index is 0.223. The Morgan fingerprint density at radius 2 is 1.96 bits per heavy atom. The third kappa shape index (κ3) is 6.07. The number of hydrogen-bond acceptors (Lipinski definition) is 5. The quantitative estimate of drug-likeness (QED) is 0.417. The van der Waals surface area contributed by atoms with E-state index in [1.165, 1.54) is 6.08 Å². The molecule has 0 saturated carbocycles. The fourth-order valence-corrected chi connectivity index (χ4v) is 3.41. The van der Waals surface area contributed by atoms with Crippen LogP contribution in [0.3, 0.4) is 0 Å². The zero-order valence-corrected chi connectivity index (χ0v) is 16.2. The lowest BCUT2D eigenvalue weighted by Gasteiger charge is -2.16. The van der Waals surface area contributed by atoms with Crippen LogP contribution in [0.5, 0.6) is 0 Å². The predicted molar refractivity (Wildman–Crippen MR) is 104 cm³/mol. The van der Waals surface area contributed by atoms with Gasteiger partial charge < -0.3 is 9.64 Å². The summed E-state index contributed by atoms with van der Waals surface area (Å²) < 4.78 is 5.02. The maximum Gasteiger partial charge on any atom is 0.331 e. The molecule has 0 fully saturated rings. The number of carbonyl (C=O) groups is 2. The van der Waals surface area contributed by atoms with Gasteiger partial charge in [-0.25, -0.2) is 4.79 Å². The van der Waals surface area contributed by atoms with Crippen molar-refractivity contribution in [2.75, 3.05) is 19.9 Å². The lowest BCUT2D eigenvalue weighted by Crippen LogP contribution is -2.30. The van der Waals surface area contributed by atoms with E-state index < -0.39 is 5.97 Å². The molecule has 1 aromatic carbocycles. The summed E-state index contributed by atoms with van der Waals surface area (Å²) in [7, 11) is 1.71. The van der Waals surface area contributed by atoms with Gasteiger partial charge >= 0.3 is 5.97 Å². The highest BCUT2D eigenvalue weighted by Crippen LogP contribution is 2.17. The lowest BCUT2D eigenvalue weighted by atomic mass is 10.2. The van der Waals surface area contributed by atoms with Crippen molar-refractivity contribution in [3.05, 3.63) is 57.8 Å². The minimum atomic E-state index is -0.525. The first kappa shape index (κ1) is 19.3. The topological polar surface area (TPSA) is 46.6 Å². The largest absolute Gasteiger partial charge is 0.452 e. The molecule has 0 atom stereocenters. The molecule has 132 valence electrons. The molecular weight excluding hydrogens is 354 g/mol. The maximum atomic E-state index is 12.1. The number of rotatable bonds is 7. The van der Waals surface area contributed by atoms with Crippen molar-refractivity contribution in [1.29, 1.82) is 0 Å². The number of hydrogen-bond donors (Lipinski definition) is 0. The van der Waals surface area contributed by atoms with Crippen molar-refractivity contribution in [3.63, 3.8) is 0 Å². The molecule has 1 aromatic heterocycles. The van der Waals surface area contributed by atoms with Crippen molar-refractivity contribution in [2.24, 2.45) is 0 Å². The van der Waals surface area contributed by atoms with E-state index in [1.807, 2.05) is 48.9 Å². The lowest BCUT2D eigenvalue weighted by molar-refractivity contribution is -0.147. The van der Waals surface area contributed by atoms with Crippen LogP contribution in [0.25, 0.3) is 6.08 Å². The first-order chi connectivity index (χ1) is 12.0. The molecule has 0 unspecified atom stereocenters. The van der Waals surface area contributed by atoms with E-state index in [1.54, 1.807) is 41.1 Å². The molecule has 0 spiro atoms. The fraction of sp³-hybridized carbons (Fsp3) is 0.263. The Balaban J connectivity index is 1.79. The van der Waals surface area contributed by atoms with Crippen LogP contribution in [0.1, 0.15) is 16.0 Å². The number of likely N-dealkylation sites (N-methyl/N-ethyl adjacent to an activating group) is 1. The smallest absolute Gasteiger partial charge is 0.331 e. The molecule has 0 aliphatic rings. The van der Waals surface area contributed by atoms with Crippen LogP contribution in [-0.2, 0) is 20.9 Å². The number of esters is 1. The number of ether oxygens (including phenoxy) is 1. The van der Waals surface area contributed by atoms with Crippen molar-refractivity contribution in [2.45, 2.75) is 18.4 Å². The highest BCUT2D eigenvalue weighted by molar-refractivity contribution is 7.98. The van der Waals surface area contributed by atoms with Gasteiger partial charge in [-0.15, -0.1) is 23.1 Å². The zero-order valence-electron chi connectivity index (χ0n) is 14.5. The van der Waals surface area contributed by atoms with E-state index in [-0.39, 0.29) is 12.5 Å². The van der Waals surface area contributed by atoms with Gasteiger partial charge in [0.25, 0.3) is 5.91 Å². The van der Waals surface area contributed by atoms with Gasteiger partial charge in [-0.1, -0.05) is 12.1 Å². The molecule has 2 rings (SSSR count). The monoisotopic (exact) mass is 375 g/mol. The molecule has 0 radical (unpaired) electrons. The minimum Gasteiger partial charge on any atom is -0.452 e. The fourth-order valence-electron chi connectivity index (χ4n) is 2.04. The van der Waals surface area contributed by atoms with Crippen molar-refractivity contribution in [1.82, 2.24) is 4.90 Å². The first-order valence-corrected chi connectivity index (χ1v) is 9.86. The van der Waals surface area contributed by atoms with Crippen LogP contribution in [0.15, 0.2) is 46.7 Å². The maximum absolute atomic E-state index is 12.1. The van der Waals surface area contributed by atoms with E-state index in [0.29, 0.717) is 6.54 Å². The van der Waals surface area contributed by atoms with Gasteiger partial charge in [0.1, 0.15) is 0 Å². The van der Waals surface area contributed by atoms with Gasteiger partial charge in [0.2, 0.25) is 0 Å². The van der Waals surface area contributed by atoms with Crippen molar-refractivity contribution >= 4 is 41.1 Å². The third-order valence-corrected chi connectivity index (χ3v) is 5.39. The molecule has 1 amide bonds. The average Bonchev–Trinajstić information content (AvgIpc) is 3.02. The molecule has 0 aliphatic carbocycles. The van der Waals surface area contributed by atoms with Gasteiger partial charge in [0, 0.05) is 22.9 Å². The summed E-state index contributed by atoms with van der Waals surface area (Å²) in [6.07, 6.45) is 5.02. The van der Waals surface area contributed by atoms with E-state index in [2.05, 4.69) is 0 Å². The van der Waals surface area contributed by atoms with Gasteiger partial charge in [-0.3, -0.25) is 4.79 Å². The summed E-state index contributed by atoms with van der Waals surface area (Å²) in [5.74, 6) is -0.748. The standard InChI is InChI=1S/C19H21NO3S2/c1-14-10-11-25-17(14)12-20(2)18(21)13-23-19(22)9-6-15-4-7-16(24-3)8-5-15/h4-11H,12-13H2,1-3H3/b9-6+. The molecule has 0 bridgehead atoms. The van der Waals surface area contributed by atoms with Crippen LogP contribution in [-0.4, -0.2) is 36.7 Å². The summed E-state index contributed by atoms with van der Waals surface area (Å²) in [4.78, 5) is 27.7. The summed E-state index contributed by atoms with van der Waals surface area (Å²) in [6, 6.07) is 9.85. The van der Waals surface area contributed by atoms with Crippen molar-refractivity contribution < 1.29 is 14.3 Å². The van der Waals surface area contributed by atoms with Gasteiger partial charge in [-0.2, -0.15) is 0 Å². The first-order valence-electron chi connectivity index (χ1n) is 7.75. The summed E-state index contributed by atoms with van der Waals surface area (Å²) in [6.45, 7) is 2.29. The summed E-state index contributed by atoms with van der Waals surface area (Å²) >= 11 is 3.27. The van der Waals surface area contributed by atoms with Gasteiger partial charge in [0.15, 0.2) is 6.61 Å². The van der Waals surface area contributed by atoms with E-state index >= 15 is 0 Å². The van der Waals surface area contributed by atoms with Crippen LogP contribution in [0.4, 0.5) is 0 Å². The number of aryl methyl sites for hydroxylation is 1. The number of thiophene rings is 1. The Morgan fingerprint density at radius 3 is 2.56 bits per heavy atom. The number of nitrogens with zero attached hydrogens (tertiary/aromatic N) is 1. The number of carbonyl (C=O) groups excluding carboxylic acids is 2. The van der Waals surface area contributed by atoms with E-state index in [4.69, 9.17) is 4.74 Å². The van der Waals surface area contributed by atoms with Crippen molar-refractivity contribution in [3.8, 4) is 0 Å². The highest BCUT2D eigenvalue weighted by Gasteiger charge is 2.13. The van der Waals surface area contributed by atoms with E-state index in [9.17, 15) is 9.59 Å². The Morgan fingerprint density at radius 1 is 1.24 bits per heavy atom. The highest BCUT2D eigenvalue weighted by atomic mass is 32.2. The Bertz CT molecular complexity index is 750. The third-order valence-electron chi connectivity index (χ3n) is 3.64. The van der Waals surface area contributed by atoms with Crippen LogP contribution < -0.4 is 0 Å². The Hall–Kier alpha value is -2.05. The molecule has 4 nitrogen and oxygen atoms in total. The molecule has 1 heterocycles. The normalized spacial score (nSPS) is 10.8. The van der Waals surface area contributed by atoms with Crippen LogP contribution in [0.2, 0.25) is 0 Å². The molecule has 6 heteroatoms. The Labute approximate surface area is 156 Å². The van der Waals surface area contributed by atoms with Crippen LogP contribution in [0, 0.1) is 6.92 Å². The van der Waals surface area contributed by atoms with Gasteiger partial charge in [0.05, 0.1) is 6.54 Å². The molecule has 0 saturated heterocycles. The molecule has 0 aliphatic heterocycles. The second kappa shape index (κ2) is 9.44. The molecule has 2 aromatic rings. The van der Waals surface area contributed by atoms with E-state index in [0.717, 1.165) is 20.9 Å². The SMILES string of the molecule is CSc1ccc(/C=C/C(=O)OCC(=O)N(C)Cc2sccc2C)cc1. The second-order valence-electron chi connectivity index (χ2n) is 5.49. The molecular formula is C19H21NO3S2. The summed E-state index contributed by atoms with van der Waals surface area (Å²) in [5, 5.41) is 2.00. The number of benzene rings is 1. The predicted octanol–water partition coefficient (Wildman–Crippen LogP) is 3.99. The summed E-state index contributed by atoms with van der Waals surface area (Å²) in [5.41, 5.74) is 2.07. The zero-order chi connectivity index (χ0) is 18.2. The number of thioether (sulfide) groups is 1. The molecule has 25 heavy (non-hydrogen) atoms. The number of amides is 1. The molecule has 0 N–H and O–H groups in total. The second-order valence-corrected chi connectivity index (χ2v) is 7.37. The van der Waals surface area contributed by atoms with Crippen LogP contribution >= 0.6 is 23.1 Å².